The topological polar surface area (TPSA) is 75.4 Å². The number of amides is 1. The Morgan fingerprint density at radius 2 is 2.27 bits per heavy atom. The molecule has 86 valence electrons. The molecule has 3 unspecified atom stereocenters. The van der Waals surface area contributed by atoms with Crippen molar-refractivity contribution in [1.82, 2.24) is 5.32 Å². The van der Waals surface area contributed by atoms with E-state index in [9.17, 15) is 9.90 Å². The third-order valence-electron chi connectivity index (χ3n) is 2.81. The van der Waals surface area contributed by atoms with Crippen molar-refractivity contribution >= 4 is 5.91 Å². The van der Waals surface area contributed by atoms with Gasteiger partial charge in [0.25, 0.3) is 0 Å². The van der Waals surface area contributed by atoms with Crippen LogP contribution in [0, 0.1) is 0 Å². The molecule has 0 aromatic rings. The first-order chi connectivity index (χ1) is 7.15. The molecule has 3 atom stereocenters. The molecule has 0 aliphatic heterocycles. The molecule has 1 aliphatic carbocycles. The first kappa shape index (κ1) is 12.2. The fraction of sp³-hybridized carbons (Fsp3) is 0.727. The fourth-order valence-electron chi connectivity index (χ4n) is 1.86. The van der Waals surface area contributed by atoms with Crippen molar-refractivity contribution < 1.29 is 9.90 Å². The van der Waals surface area contributed by atoms with Crippen molar-refractivity contribution in [2.24, 2.45) is 5.73 Å². The van der Waals surface area contributed by atoms with Gasteiger partial charge >= 0.3 is 0 Å². The standard InChI is InChI=1S/C11H20N2O2/c1-2-5-8(12)11(15)13-9-6-3-4-7-10(9)14/h2,8-10,14H,1,3-7,12H2,(H,13,15). The van der Waals surface area contributed by atoms with Gasteiger partial charge in [0.1, 0.15) is 0 Å². The van der Waals surface area contributed by atoms with E-state index in [1.807, 2.05) is 0 Å². The van der Waals surface area contributed by atoms with Crippen molar-refractivity contribution in [3.05, 3.63) is 12.7 Å². The Kier molecular flexibility index (Phi) is 4.78. The first-order valence-electron chi connectivity index (χ1n) is 5.50. The van der Waals surface area contributed by atoms with Crippen LogP contribution in [0.2, 0.25) is 0 Å². The normalized spacial score (nSPS) is 28.1. The minimum atomic E-state index is -0.545. The summed E-state index contributed by atoms with van der Waals surface area (Å²) in [5.74, 6) is -0.194. The van der Waals surface area contributed by atoms with Crippen LogP contribution in [0.1, 0.15) is 32.1 Å². The number of hydrogen-bond acceptors (Lipinski definition) is 3. The van der Waals surface area contributed by atoms with Crippen LogP contribution < -0.4 is 11.1 Å². The van der Waals surface area contributed by atoms with Gasteiger partial charge in [0.2, 0.25) is 5.91 Å². The molecule has 0 bridgehead atoms. The summed E-state index contributed by atoms with van der Waals surface area (Å²) in [6.45, 7) is 3.54. The van der Waals surface area contributed by atoms with Gasteiger partial charge < -0.3 is 16.2 Å². The second-order valence-electron chi connectivity index (χ2n) is 4.10. The maximum Gasteiger partial charge on any atom is 0.237 e. The van der Waals surface area contributed by atoms with Gasteiger partial charge in [0.05, 0.1) is 18.2 Å². The molecule has 4 nitrogen and oxygen atoms in total. The van der Waals surface area contributed by atoms with Crippen LogP contribution in [0.5, 0.6) is 0 Å². The molecule has 1 aliphatic rings. The molecule has 1 fully saturated rings. The highest BCUT2D eigenvalue weighted by Crippen LogP contribution is 2.18. The lowest BCUT2D eigenvalue weighted by Gasteiger charge is -2.29. The largest absolute Gasteiger partial charge is 0.391 e. The van der Waals surface area contributed by atoms with Crippen LogP contribution in [0.25, 0.3) is 0 Å². The predicted octanol–water partition coefficient (Wildman–Crippen LogP) is 0.309. The minimum absolute atomic E-state index is 0.123. The van der Waals surface area contributed by atoms with E-state index < -0.39 is 12.1 Å². The van der Waals surface area contributed by atoms with E-state index >= 15 is 0 Å². The minimum Gasteiger partial charge on any atom is -0.391 e. The summed E-state index contributed by atoms with van der Waals surface area (Å²) in [7, 11) is 0. The number of aliphatic hydroxyl groups is 1. The average molecular weight is 212 g/mol. The number of nitrogens with one attached hydrogen (secondary N) is 1. The van der Waals surface area contributed by atoms with E-state index in [1.54, 1.807) is 6.08 Å². The third-order valence-corrected chi connectivity index (χ3v) is 2.81. The molecule has 0 saturated heterocycles. The molecule has 0 heterocycles. The van der Waals surface area contributed by atoms with Gasteiger partial charge in [0.15, 0.2) is 0 Å². The molecule has 15 heavy (non-hydrogen) atoms. The Hall–Kier alpha value is -0.870. The molecule has 0 spiro atoms. The van der Waals surface area contributed by atoms with Crippen molar-refractivity contribution in [3.8, 4) is 0 Å². The average Bonchev–Trinajstić information content (AvgIpc) is 2.21. The molecule has 1 amide bonds. The van der Waals surface area contributed by atoms with E-state index in [2.05, 4.69) is 11.9 Å². The number of aliphatic hydroxyl groups excluding tert-OH is 1. The maximum atomic E-state index is 11.6. The quantitative estimate of drug-likeness (QED) is 0.587. The maximum absolute atomic E-state index is 11.6. The Bertz CT molecular complexity index is 231. The predicted molar refractivity (Wildman–Crippen MR) is 59.2 cm³/mol. The van der Waals surface area contributed by atoms with Crippen molar-refractivity contribution in [2.75, 3.05) is 0 Å². The van der Waals surface area contributed by atoms with Gasteiger partial charge in [-0.2, -0.15) is 0 Å². The summed E-state index contributed by atoms with van der Waals surface area (Å²) >= 11 is 0. The van der Waals surface area contributed by atoms with Crippen molar-refractivity contribution in [2.45, 2.75) is 50.3 Å². The SMILES string of the molecule is C=CCC(N)C(=O)NC1CCCCC1O. The van der Waals surface area contributed by atoms with Crippen molar-refractivity contribution in [3.63, 3.8) is 0 Å². The highest BCUT2D eigenvalue weighted by molar-refractivity contribution is 5.82. The second-order valence-corrected chi connectivity index (χ2v) is 4.10. The monoisotopic (exact) mass is 212 g/mol. The first-order valence-corrected chi connectivity index (χ1v) is 5.50. The van der Waals surface area contributed by atoms with Gasteiger partial charge in [0, 0.05) is 0 Å². The van der Waals surface area contributed by atoms with Gasteiger partial charge in [-0.1, -0.05) is 18.9 Å². The summed E-state index contributed by atoms with van der Waals surface area (Å²) in [5.41, 5.74) is 5.63. The molecular weight excluding hydrogens is 192 g/mol. The zero-order valence-corrected chi connectivity index (χ0v) is 8.98. The molecule has 0 aromatic carbocycles. The zero-order chi connectivity index (χ0) is 11.3. The molecule has 1 saturated carbocycles. The summed E-state index contributed by atoms with van der Waals surface area (Å²) in [6.07, 6.45) is 5.37. The fourth-order valence-corrected chi connectivity index (χ4v) is 1.86. The smallest absolute Gasteiger partial charge is 0.237 e. The molecule has 4 N–H and O–H groups in total. The number of rotatable bonds is 4. The van der Waals surface area contributed by atoms with E-state index in [4.69, 9.17) is 5.73 Å². The Morgan fingerprint density at radius 1 is 1.60 bits per heavy atom. The van der Waals surface area contributed by atoms with Crippen LogP contribution in [0.4, 0.5) is 0 Å². The summed E-state index contributed by atoms with van der Waals surface area (Å²) in [6, 6.07) is -0.668. The number of carbonyl (C=O) groups is 1. The zero-order valence-electron chi connectivity index (χ0n) is 8.98. The highest BCUT2D eigenvalue weighted by Gasteiger charge is 2.25. The van der Waals surface area contributed by atoms with Gasteiger partial charge in [-0.05, 0) is 19.3 Å². The second kappa shape index (κ2) is 5.88. The third kappa shape index (κ3) is 3.64. The molecule has 1 rings (SSSR count). The van der Waals surface area contributed by atoms with Crippen molar-refractivity contribution in [1.29, 1.82) is 0 Å². The lowest BCUT2D eigenvalue weighted by Crippen LogP contribution is -2.50. The lowest BCUT2D eigenvalue weighted by molar-refractivity contribution is -0.124. The molecule has 4 heteroatoms. The van der Waals surface area contributed by atoms with E-state index in [-0.39, 0.29) is 11.9 Å². The molecular formula is C11H20N2O2. The van der Waals surface area contributed by atoms with E-state index in [1.165, 1.54) is 0 Å². The van der Waals surface area contributed by atoms with Crippen LogP contribution in [0.3, 0.4) is 0 Å². The Labute approximate surface area is 90.5 Å². The van der Waals surface area contributed by atoms with Crippen LogP contribution in [0.15, 0.2) is 12.7 Å². The number of nitrogens with two attached hydrogens (primary N) is 1. The Morgan fingerprint density at radius 3 is 2.87 bits per heavy atom. The highest BCUT2D eigenvalue weighted by atomic mass is 16.3. The molecule has 0 aromatic heterocycles. The Balaban J connectivity index is 2.38. The van der Waals surface area contributed by atoms with Crippen LogP contribution in [-0.4, -0.2) is 29.2 Å². The number of hydrogen-bond donors (Lipinski definition) is 3. The molecule has 0 radical (unpaired) electrons. The summed E-state index contributed by atoms with van der Waals surface area (Å²) in [5, 5.41) is 12.4. The van der Waals surface area contributed by atoms with E-state index in [0.29, 0.717) is 6.42 Å². The van der Waals surface area contributed by atoms with Gasteiger partial charge in [-0.15, -0.1) is 6.58 Å². The van der Waals surface area contributed by atoms with E-state index in [0.717, 1.165) is 25.7 Å². The lowest BCUT2D eigenvalue weighted by atomic mass is 9.92. The summed E-state index contributed by atoms with van der Waals surface area (Å²) < 4.78 is 0. The van der Waals surface area contributed by atoms with Gasteiger partial charge in [-0.25, -0.2) is 0 Å². The summed E-state index contributed by atoms with van der Waals surface area (Å²) in [4.78, 5) is 11.6. The van der Waals surface area contributed by atoms with Gasteiger partial charge in [-0.3, -0.25) is 4.79 Å². The number of carbonyl (C=O) groups excluding carboxylic acids is 1. The van der Waals surface area contributed by atoms with Crippen LogP contribution >= 0.6 is 0 Å². The van der Waals surface area contributed by atoms with Crippen LogP contribution in [-0.2, 0) is 4.79 Å².